The highest BCUT2D eigenvalue weighted by Gasteiger charge is 2.45. The van der Waals surface area contributed by atoms with Gasteiger partial charge in [-0.25, -0.2) is 0 Å². The summed E-state index contributed by atoms with van der Waals surface area (Å²) in [6.07, 6.45) is 12.8. The topological polar surface area (TPSA) is 39.7 Å². The van der Waals surface area contributed by atoms with Gasteiger partial charge in [-0.1, -0.05) is 62.3 Å². The Labute approximate surface area is 205 Å². The largest absolute Gasteiger partial charge is 0.485 e. The number of rotatable bonds is 9. The Kier molecular flexibility index (Phi) is 8.19. The average molecular weight is 462 g/mol. The number of aryl methyl sites for hydroxylation is 1. The van der Waals surface area contributed by atoms with E-state index in [1.165, 1.54) is 43.2 Å². The first-order valence-electron chi connectivity index (χ1n) is 12.8. The lowest BCUT2D eigenvalue weighted by Crippen LogP contribution is -2.51. The molecule has 1 fully saturated rings. The molecule has 0 bridgehead atoms. The maximum Gasteiger partial charge on any atom is 0.132 e. The van der Waals surface area contributed by atoms with Gasteiger partial charge in [0.05, 0.1) is 0 Å². The van der Waals surface area contributed by atoms with Crippen molar-refractivity contribution in [2.24, 2.45) is 5.92 Å². The van der Waals surface area contributed by atoms with Crippen LogP contribution in [0.4, 0.5) is 5.69 Å². The van der Waals surface area contributed by atoms with Gasteiger partial charge in [-0.15, -0.1) is 6.42 Å². The van der Waals surface area contributed by atoms with Gasteiger partial charge in [0.1, 0.15) is 30.2 Å². The van der Waals surface area contributed by atoms with Crippen LogP contribution >= 0.6 is 0 Å². The van der Waals surface area contributed by atoms with Crippen LogP contribution < -0.4 is 10.1 Å². The molecule has 2 aromatic rings. The van der Waals surface area contributed by atoms with E-state index in [1.54, 1.807) is 0 Å². The molecule has 0 aromatic heterocycles. The maximum atomic E-state index is 6.59. The van der Waals surface area contributed by atoms with Crippen molar-refractivity contribution in [2.75, 3.05) is 18.5 Å². The van der Waals surface area contributed by atoms with E-state index in [0.29, 0.717) is 0 Å². The molecule has 2 atom stereocenters. The molecule has 1 heterocycles. The van der Waals surface area contributed by atoms with Gasteiger partial charge in [0.15, 0.2) is 0 Å². The Hall–Kier alpha value is -2.48. The third-order valence-corrected chi connectivity index (χ3v) is 7.29. The molecule has 1 aliphatic carbocycles. The van der Waals surface area contributed by atoms with Gasteiger partial charge in [-0.2, -0.15) is 0 Å². The van der Waals surface area contributed by atoms with Crippen LogP contribution in [-0.2, 0) is 16.0 Å². The van der Waals surface area contributed by atoms with E-state index in [-0.39, 0.29) is 18.8 Å². The van der Waals surface area contributed by atoms with Crippen LogP contribution in [0.2, 0.25) is 0 Å². The summed E-state index contributed by atoms with van der Waals surface area (Å²) in [6, 6.07) is 14.7. The summed E-state index contributed by atoms with van der Waals surface area (Å²) in [6.45, 7) is 7.98. The zero-order valence-corrected chi connectivity index (χ0v) is 20.9. The van der Waals surface area contributed by atoms with Crippen LogP contribution in [0.3, 0.4) is 0 Å². The number of hydrogen-bond acceptors (Lipinski definition) is 4. The Morgan fingerprint density at radius 3 is 2.65 bits per heavy atom. The van der Waals surface area contributed by atoms with Crippen LogP contribution in [0, 0.1) is 25.2 Å². The van der Waals surface area contributed by atoms with E-state index >= 15 is 0 Å². The van der Waals surface area contributed by atoms with Crippen molar-refractivity contribution < 1.29 is 14.2 Å². The third-order valence-electron chi connectivity index (χ3n) is 7.29. The quantitative estimate of drug-likeness (QED) is 0.416. The number of hydrogen-bond donors (Lipinski definition) is 1. The highest BCUT2D eigenvalue weighted by molar-refractivity contribution is 5.54. The lowest BCUT2D eigenvalue weighted by Gasteiger charge is -2.44. The van der Waals surface area contributed by atoms with Crippen molar-refractivity contribution >= 4 is 5.69 Å². The summed E-state index contributed by atoms with van der Waals surface area (Å²) in [5.74, 6) is 4.24. The molecule has 1 saturated carbocycles. The highest BCUT2D eigenvalue weighted by Crippen LogP contribution is 2.44. The minimum atomic E-state index is -0.546. The van der Waals surface area contributed by atoms with Crippen LogP contribution in [0.15, 0.2) is 42.5 Å². The monoisotopic (exact) mass is 461 g/mol. The van der Waals surface area contributed by atoms with Crippen LogP contribution in [0.1, 0.15) is 75.2 Å². The van der Waals surface area contributed by atoms with Gasteiger partial charge >= 0.3 is 0 Å². The summed E-state index contributed by atoms with van der Waals surface area (Å²) in [4.78, 5) is 0. The van der Waals surface area contributed by atoms with E-state index in [4.69, 9.17) is 20.6 Å². The highest BCUT2D eigenvalue weighted by atomic mass is 16.6. The normalized spacial score (nSPS) is 21.8. The van der Waals surface area contributed by atoms with Crippen molar-refractivity contribution in [3.63, 3.8) is 0 Å². The fourth-order valence-electron chi connectivity index (χ4n) is 5.29. The number of nitrogens with one attached hydrogen (secondary N) is 1. The summed E-state index contributed by atoms with van der Waals surface area (Å²) >= 11 is 0. The SMILES string of the molecule is C#CCOC1C(OCCC2CCCCC2)c2cc(NCc3ccccc3C)ccc2OC1(C)C. The molecule has 2 aromatic carbocycles. The number of anilines is 1. The summed E-state index contributed by atoms with van der Waals surface area (Å²) < 4.78 is 19.1. The first-order valence-corrected chi connectivity index (χ1v) is 12.8. The molecule has 0 amide bonds. The fourth-order valence-corrected chi connectivity index (χ4v) is 5.29. The molecule has 0 saturated heterocycles. The Balaban J connectivity index is 1.53. The second-order valence-electron chi connectivity index (χ2n) is 10.3. The number of benzene rings is 2. The van der Waals surface area contributed by atoms with Crippen molar-refractivity contribution in [3.05, 3.63) is 59.2 Å². The molecule has 34 heavy (non-hydrogen) atoms. The van der Waals surface area contributed by atoms with Crippen LogP contribution in [0.5, 0.6) is 5.75 Å². The second kappa shape index (κ2) is 11.3. The summed E-state index contributed by atoms with van der Waals surface area (Å²) in [5.41, 5.74) is 4.09. The standard InChI is InChI=1S/C30H39NO3/c1-5-18-33-29-28(32-19-17-23-12-7-6-8-13-23)26-20-25(15-16-27(26)34-30(29,3)4)31-21-24-14-10-9-11-22(24)2/h1,9-11,14-16,20,23,28-29,31H,6-8,12-13,17-19,21H2,2-4H3. The zero-order chi connectivity index (χ0) is 24.0. The van der Waals surface area contributed by atoms with Gasteiger partial charge < -0.3 is 19.5 Å². The molecule has 2 aliphatic rings. The maximum absolute atomic E-state index is 6.59. The summed E-state index contributed by atoms with van der Waals surface area (Å²) in [7, 11) is 0. The molecule has 4 heteroatoms. The first-order chi connectivity index (χ1) is 16.5. The van der Waals surface area contributed by atoms with Gasteiger partial charge in [0.2, 0.25) is 0 Å². The van der Waals surface area contributed by atoms with E-state index in [0.717, 1.165) is 42.5 Å². The van der Waals surface area contributed by atoms with Gasteiger partial charge in [-0.3, -0.25) is 0 Å². The van der Waals surface area contributed by atoms with E-state index < -0.39 is 5.60 Å². The molecule has 4 rings (SSSR count). The summed E-state index contributed by atoms with van der Waals surface area (Å²) in [5, 5.41) is 3.57. The minimum absolute atomic E-state index is 0.226. The molecule has 1 N–H and O–H groups in total. The second-order valence-corrected chi connectivity index (χ2v) is 10.3. The number of ether oxygens (including phenoxy) is 3. The first kappa shape index (κ1) is 24.6. The predicted molar refractivity (Wildman–Crippen MR) is 138 cm³/mol. The minimum Gasteiger partial charge on any atom is -0.485 e. The lowest BCUT2D eigenvalue weighted by molar-refractivity contribution is -0.157. The molecular formula is C30H39NO3. The Bertz CT molecular complexity index is 987. The lowest BCUT2D eigenvalue weighted by atomic mass is 9.86. The number of terminal acetylenes is 1. The Morgan fingerprint density at radius 1 is 1.09 bits per heavy atom. The molecular weight excluding hydrogens is 422 g/mol. The van der Waals surface area contributed by atoms with Crippen molar-refractivity contribution in [2.45, 2.75) is 83.6 Å². The molecule has 182 valence electrons. The van der Waals surface area contributed by atoms with E-state index in [1.807, 2.05) is 6.07 Å². The Morgan fingerprint density at radius 2 is 1.88 bits per heavy atom. The van der Waals surface area contributed by atoms with Crippen LogP contribution in [0.25, 0.3) is 0 Å². The fraction of sp³-hybridized carbons (Fsp3) is 0.533. The molecule has 2 unspecified atom stereocenters. The third kappa shape index (κ3) is 5.95. The van der Waals surface area contributed by atoms with Crippen LogP contribution in [-0.4, -0.2) is 24.9 Å². The number of fused-ring (bicyclic) bond motifs is 1. The predicted octanol–water partition coefficient (Wildman–Crippen LogP) is 6.82. The van der Waals surface area contributed by atoms with Gasteiger partial charge in [0, 0.05) is 24.4 Å². The van der Waals surface area contributed by atoms with Gasteiger partial charge in [0.25, 0.3) is 0 Å². The average Bonchev–Trinajstić information content (AvgIpc) is 2.83. The van der Waals surface area contributed by atoms with Gasteiger partial charge in [-0.05, 0) is 62.4 Å². The molecule has 4 nitrogen and oxygen atoms in total. The van der Waals surface area contributed by atoms with Crippen molar-refractivity contribution in [3.8, 4) is 18.1 Å². The molecule has 1 aliphatic heterocycles. The van der Waals surface area contributed by atoms with E-state index in [2.05, 4.69) is 68.4 Å². The smallest absolute Gasteiger partial charge is 0.132 e. The van der Waals surface area contributed by atoms with Crippen molar-refractivity contribution in [1.82, 2.24) is 0 Å². The zero-order valence-electron chi connectivity index (χ0n) is 20.9. The molecule has 0 radical (unpaired) electrons. The van der Waals surface area contributed by atoms with Crippen molar-refractivity contribution in [1.29, 1.82) is 0 Å². The molecule has 0 spiro atoms. The van der Waals surface area contributed by atoms with E-state index in [9.17, 15) is 0 Å².